The van der Waals surface area contributed by atoms with Crippen LogP contribution in [0.4, 0.5) is 0 Å². The number of hydrogen-bond acceptors (Lipinski definition) is 1. The summed E-state index contributed by atoms with van der Waals surface area (Å²) in [4.78, 5) is 0. The van der Waals surface area contributed by atoms with Crippen LogP contribution in [0.2, 0.25) is 0 Å². The molecule has 0 aliphatic carbocycles. The van der Waals surface area contributed by atoms with Crippen LogP contribution in [0, 0.1) is 6.92 Å². The van der Waals surface area contributed by atoms with E-state index in [2.05, 4.69) is 6.92 Å². The zero-order valence-corrected chi connectivity index (χ0v) is 10.1. The van der Waals surface area contributed by atoms with Gasteiger partial charge in [0.1, 0.15) is 0 Å². The molecule has 0 unspecified atom stereocenters. The molecule has 0 N–H and O–H groups in total. The second-order valence-electron chi connectivity index (χ2n) is 2.46. The summed E-state index contributed by atoms with van der Waals surface area (Å²) >= 11 is 0. The molecule has 0 aliphatic rings. The van der Waals surface area contributed by atoms with Gasteiger partial charge in [0.05, 0.1) is 5.60 Å². The van der Waals surface area contributed by atoms with Gasteiger partial charge in [-0.1, -0.05) is 6.61 Å². The van der Waals surface area contributed by atoms with Crippen LogP contribution in [-0.2, 0) is 24.2 Å². The molecule has 0 fully saturated rings. The van der Waals surface area contributed by atoms with Gasteiger partial charge in [0.25, 0.3) is 0 Å². The molecule has 0 aliphatic heterocycles. The third-order valence-corrected chi connectivity index (χ3v) is 0.535. The molecule has 3 heteroatoms. The molecule has 0 aromatic heterocycles. The number of ether oxygens (including phenoxy) is 1. The van der Waals surface area contributed by atoms with Crippen molar-refractivity contribution in [1.82, 2.24) is 0 Å². The van der Waals surface area contributed by atoms with Crippen LogP contribution in [0.5, 0.6) is 0 Å². The normalized spacial score (nSPS) is 9.33. The van der Waals surface area contributed by atoms with Gasteiger partial charge in [-0.2, -0.15) is 0 Å². The topological polar surface area (TPSA) is 9.23 Å². The Morgan fingerprint density at radius 2 is 1.67 bits per heavy atom. The molecule has 9 heavy (non-hydrogen) atoms. The quantitative estimate of drug-likeness (QED) is 0.377. The van der Waals surface area contributed by atoms with E-state index in [0.717, 1.165) is 0 Å². The average Bonchev–Trinajstić information content (AvgIpc) is 1.30. The Bertz CT molecular complexity index is 51.5. The van der Waals surface area contributed by atoms with Crippen molar-refractivity contribution < 1.29 is 36.6 Å². The first-order chi connectivity index (χ1) is 3.06. The summed E-state index contributed by atoms with van der Waals surface area (Å²) in [5.74, 6) is 0. The molecule has 0 bridgehead atoms. The fraction of sp³-hybridized carbons (Fsp3) is 0.833. The first-order valence-electron chi connectivity index (χ1n) is 2.49. The summed E-state index contributed by atoms with van der Waals surface area (Å²) < 4.78 is 5.12. The fourth-order valence-electron chi connectivity index (χ4n) is 0.306. The molecule has 0 saturated carbocycles. The van der Waals surface area contributed by atoms with Gasteiger partial charge < -0.3 is 24.1 Å². The van der Waals surface area contributed by atoms with Gasteiger partial charge in [-0.25, -0.2) is 0 Å². The summed E-state index contributed by atoms with van der Waals surface area (Å²) in [6.45, 7) is 10.1. The Labute approximate surface area is 76.7 Å². The molecule has 0 atom stereocenters. The predicted molar refractivity (Wildman–Crippen MR) is 31.1 cm³/mol. The molecule has 0 spiro atoms. The van der Waals surface area contributed by atoms with E-state index in [1.54, 1.807) is 0 Å². The van der Waals surface area contributed by atoms with Crippen LogP contribution in [0.25, 0.3) is 0 Å². The van der Waals surface area contributed by atoms with Crippen molar-refractivity contribution >= 4 is 0 Å². The van der Waals surface area contributed by atoms with Crippen LogP contribution in [0.3, 0.4) is 0 Å². The number of halogens is 1. The first-order valence-corrected chi connectivity index (χ1v) is 2.49. The largest absolute Gasteiger partial charge is 2.00 e. The zero-order chi connectivity index (χ0) is 5.91. The van der Waals surface area contributed by atoms with Gasteiger partial charge in [0.15, 0.2) is 0 Å². The van der Waals surface area contributed by atoms with Crippen LogP contribution in [-0.4, -0.2) is 12.2 Å². The molecule has 0 amide bonds. The monoisotopic (exact) mass is 200 g/mol. The molecule has 0 radical (unpaired) electrons. The maximum absolute atomic E-state index is 5.12. The third-order valence-electron chi connectivity index (χ3n) is 0.535. The minimum Gasteiger partial charge on any atom is -1.00 e. The van der Waals surface area contributed by atoms with E-state index in [-0.39, 0.29) is 37.5 Å². The molecule has 0 aromatic carbocycles. The van der Waals surface area contributed by atoms with Gasteiger partial charge >= 0.3 is 19.5 Å². The molecule has 0 heterocycles. The van der Waals surface area contributed by atoms with Crippen LogP contribution >= 0.6 is 0 Å². The van der Waals surface area contributed by atoms with Gasteiger partial charge in [-0.15, -0.1) is 0 Å². The summed E-state index contributed by atoms with van der Waals surface area (Å²) in [7, 11) is 0. The summed E-state index contributed by atoms with van der Waals surface area (Å²) in [6.07, 6.45) is 0. The smallest absolute Gasteiger partial charge is 1.00 e. The van der Waals surface area contributed by atoms with E-state index in [1.165, 1.54) is 0 Å². The summed E-state index contributed by atoms with van der Waals surface area (Å²) in [6, 6.07) is 0. The first kappa shape index (κ1) is 16.5. The Morgan fingerprint density at radius 3 is 1.67 bits per heavy atom. The summed E-state index contributed by atoms with van der Waals surface area (Å²) in [5.41, 5.74) is -0.0122. The predicted octanol–water partition coefficient (Wildman–Crippen LogP) is -1.36. The molecule has 1 nitrogen and oxygen atoms in total. The van der Waals surface area contributed by atoms with Gasteiger partial charge in [0, 0.05) is 0 Å². The number of hydrogen-bond donors (Lipinski definition) is 0. The minimum absolute atomic E-state index is 0. The third kappa shape index (κ3) is 17.7. The minimum atomic E-state index is -0.0122. The van der Waals surface area contributed by atoms with Crippen molar-refractivity contribution in [3.05, 3.63) is 6.92 Å². The number of rotatable bonds is 1. The van der Waals surface area contributed by atoms with Crippen molar-refractivity contribution in [2.24, 2.45) is 0 Å². The molecular formula is C6H13ClOZn. The van der Waals surface area contributed by atoms with Crippen LogP contribution in [0.1, 0.15) is 20.8 Å². The van der Waals surface area contributed by atoms with E-state index in [1.807, 2.05) is 20.8 Å². The molecule has 0 rings (SSSR count). The maximum Gasteiger partial charge on any atom is 2.00 e. The van der Waals surface area contributed by atoms with E-state index in [9.17, 15) is 0 Å². The van der Waals surface area contributed by atoms with Crippen LogP contribution in [0.15, 0.2) is 0 Å². The standard InChI is InChI=1S/C6H13O.ClH.Zn/c1-5-7-6(2,3)4;;/h1,5H2,2-4H3;1H;/q-1;;+2/p-1. The average molecular weight is 202 g/mol. The fourth-order valence-corrected chi connectivity index (χ4v) is 0.306. The molecular weight excluding hydrogens is 189 g/mol. The maximum atomic E-state index is 5.12. The molecule has 0 saturated heterocycles. The Hall–Kier alpha value is 0.873. The summed E-state index contributed by atoms with van der Waals surface area (Å²) in [5, 5.41) is 0. The van der Waals surface area contributed by atoms with E-state index in [0.29, 0.717) is 6.61 Å². The SMILES string of the molecule is [CH2-]COC(C)(C)C.[Cl-].[Zn+2]. The van der Waals surface area contributed by atoms with Crippen molar-refractivity contribution in [1.29, 1.82) is 0 Å². The van der Waals surface area contributed by atoms with Crippen molar-refractivity contribution in [3.8, 4) is 0 Å². The van der Waals surface area contributed by atoms with Gasteiger partial charge in [-0.3, -0.25) is 0 Å². The van der Waals surface area contributed by atoms with E-state index < -0.39 is 0 Å². The molecule has 0 aromatic rings. The van der Waals surface area contributed by atoms with Gasteiger partial charge in [-0.05, 0) is 20.8 Å². The van der Waals surface area contributed by atoms with Crippen molar-refractivity contribution in [3.63, 3.8) is 0 Å². The van der Waals surface area contributed by atoms with Gasteiger partial charge in [0.2, 0.25) is 0 Å². The van der Waals surface area contributed by atoms with Crippen molar-refractivity contribution in [2.45, 2.75) is 26.4 Å². The second kappa shape index (κ2) is 6.99. The Balaban J connectivity index is -0.000000180. The van der Waals surface area contributed by atoms with Crippen molar-refractivity contribution in [2.75, 3.05) is 6.61 Å². The Kier molecular flexibility index (Phi) is 12.8. The zero-order valence-electron chi connectivity index (χ0n) is 6.41. The Morgan fingerprint density at radius 1 is 1.33 bits per heavy atom. The molecule has 52 valence electrons. The van der Waals surface area contributed by atoms with E-state index >= 15 is 0 Å². The van der Waals surface area contributed by atoms with E-state index in [4.69, 9.17) is 4.74 Å². The van der Waals surface area contributed by atoms with Crippen LogP contribution < -0.4 is 12.4 Å². The second-order valence-corrected chi connectivity index (χ2v) is 2.46.